The van der Waals surface area contributed by atoms with Crippen molar-refractivity contribution in [3.63, 3.8) is 0 Å². The first-order valence-electron chi connectivity index (χ1n) is 12.7. The molecule has 216 valence electrons. The largest absolute Gasteiger partial charge is 0.510 e. The van der Waals surface area contributed by atoms with E-state index >= 15 is 0 Å². The van der Waals surface area contributed by atoms with Crippen molar-refractivity contribution in [2.45, 2.75) is 37.3 Å². The summed E-state index contributed by atoms with van der Waals surface area (Å²) in [5.41, 5.74) is 2.39. The molecule has 0 bridgehead atoms. The average molecular weight is 621 g/mol. The van der Waals surface area contributed by atoms with Crippen LogP contribution >= 0.6 is 15.9 Å². The number of halogens is 1. The van der Waals surface area contributed by atoms with Gasteiger partial charge in [-0.05, 0) is 50.9 Å². The molecular formula is C27H33BrN4O8. The summed E-state index contributed by atoms with van der Waals surface area (Å²) < 4.78 is 0. The maximum absolute atomic E-state index is 14.0. The standard InChI is InChI=1S/C27H33BrN4O8/c1-31(2)15-10-14(30-16(33)6-5-7-28)21(34)18-12(15)8-11-9-13-20(32(3)4)23(36)19(26(29)39)25(38)27(13,40)24(37)17(11)22(18)35/h10-11,13,20,34,36-37,40H,5-9H2,1-4H3,(H2,29,39)(H,30,33)/t11?,13?,20-,27?/m0/s1. The number of nitrogens with zero attached hydrogens (tertiary/aromatic N) is 2. The summed E-state index contributed by atoms with van der Waals surface area (Å²) in [6.45, 7) is 0. The zero-order chi connectivity index (χ0) is 29.8. The van der Waals surface area contributed by atoms with Crippen LogP contribution in [-0.4, -0.2) is 93.9 Å². The fraction of sp³-hybridized carbons (Fsp3) is 0.481. The highest BCUT2D eigenvalue weighted by molar-refractivity contribution is 9.09. The SMILES string of the molecule is CN(C)c1cc(NC(=O)CCCBr)c(O)c2c1CC1CC3[C@H](N(C)C)C(O)=C(C(N)=O)C(=O)C3(O)C(O)=C1C2=O. The van der Waals surface area contributed by atoms with Crippen LogP contribution in [0.15, 0.2) is 28.7 Å². The number of alkyl halides is 1. The molecule has 40 heavy (non-hydrogen) atoms. The van der Waals surface area contributed by atoms with Crippen molar-refractivity contribution in [3.8, 4) is 5.75 Å². The molecule has 3 aliphatic carbocycles. The summed E-state index contributed by atoms with van der Waals surface area (Å²) in [6, 6.07) is 0.506. The van der Waals surface area contributed by atoms with Gasteiger partial charge in [-0.2, -0.15) is 0 Å². The fourth-order valence-corrected chi connectivity index (χ4v) is 6.51. The Labute approximate surface area is 239 Å². The number of Topliss-reactive ketones (excluding diaryl/α,β-unsaturated/α-hetero) is 2. The van der Waals surface area contributed by atoms with Crippen molar-refractivity contribution in [1.29, 1.82) is 0 Å². The number of aliphatic hydroxyl groups excluding tert-OH is 2. The van der Waals surface area contributed by atoms with E-state index in [-0.39, 0.29) is 42.0 Å². The van der Waals surface area contributed by atoms with Crippen LogP contribution in [-0.2, 0) is 20.8 Å². The summed E-state index contributed by atoms with van der Waals surface area (Å²) in [4.78, 5) is 55.2. The van der Waals surface area contributed by atoms with Crippen LogP contribution in [0.1, 0.15) is 35.2 Å². The molecule has 0 fully saturated rings. The van der Waals surface area contributed by atoms with Gasteiger partial charge < -0.3 is 36.4 Å². The number of phenolic OH excluding ortho intramolecular Hbond substituents is 1. The number of rotatable bonds is 7. The highest BCUT2D eigenvalue weighted by Gasteiger charge is 2.63. The van der Waals surface area contributed by atoms with E-state index in [0.29, 0.717) is 23.0 Å². The maximum atomic E-state index is 14.0. The van der Waals surface area contributed by atoms with E-state index in [1.54, 1.807) is 39.2 Å². The number of hydrogen-bond acceptors (Lipinski definition) is 10. The van der Waals surface area contributed by atoms with Gasteiger partial charge in [-0.3, -0.25) is 24.1 Å². The van der Waals surface area contributed by atoms with E-state index < -0.39 is 63.8 Å². The van der Waals surface area contributed by atoms with Crippen molar-refractivity contribution < 1.29 is 39.6 Å². The number of aromatic hydroxyl groups is 1. The minimum atomic E-state index is -2.72. The lowest BCUT2D eigenvalue weighted by atomic mass is 9.58. The third kappa shape index (κ3) is 4.36. The Balaban J connectivity index is 1.92. The van der Waals surface area contributed by atoms with Crippen LogP contribution in [0.2, 0.25) is 0 Å². The number of ketones is 2. The van der Waals surface area contributed by atoms with Gasteiger partial charge in [0.15, 0.2) is 17.1 Å². The molecule has 3 aliphatic rings. The highest BCUT2D eigenvalue weighted by atomic mass is 79.9. The zero-order valence-corrected chi connectivity index (χ0v) is 24.2. The van der Waals surface area contributed by atoms with Crippen LogP contribution in [0.3, 0.4) is 0 Å². The van der Waals surface area contributed by atoms with Crippen LogP contribution in [0.25, 0.3) is 0 Å². The molecule has 0 aromatic heterocycles. The number of phenols is 1. The molecule has 12 nitrogen and oxygen atoms in total. The molecule has 4 rings (SSSR count). The van der Waals surface area contributed by atoms with Crippen LogP contribution in [0, 0.1) is 11.8 Å². The van der Waals surface area contributed by atoms with Crippen LogP contribution in [0.4, 0.5) is 11.4 Å². The topological polar surface area (TPSA) is 194 Å². The molecule has 3 unspecified atom stereocenters. The van der Waals surface area contributed by atoms with Gasteiger partial charge in [0.05, 0.1) is 17.3 Å². The van der Waals surface area contributed by atoms with Crippen LogP contribution < -0.4 is 16.0 Å². The average Bonchev–Trinajstić information content (AvgIpc) is 2.85. The number of primary amides is 1. The van der Waals surface area contributed by atoms with Gasteiger partial charge in [0.2, 0.25) is 11.7 Å². The molecule has 0 radical (unpaired) electrons. The number of anilines is 2. The number of nitrogens with two attached hydrogens (primary N) is 1. The summed E-state index contributed by atoms with van der Waals surface area (Å²) >= 11 is 3.26. The van der Waals surface area contributed by atoms with Gasteiger partial charge in [0, 0.05) is 43.0 Å². The van der Waals surface area contributed by atoms with Crippen LogP contribution in [0.5, 0.6) is 5.75 Å². The van der Waals surface area contributed by atoms with Crippen molar-refractivity contribution in [1.82, 2.24) is 4.90 Å². The molecule has 2 amide bonds. The number of hydrogen-bond donors (Lipinski definition) is 6. The Hall–Kier alpha value is -3.42. The lowest BCUT2D eigenvalue weighted by Crippen LogP contribution is -2.63. The van der Waals surface area contributed by atoms with Gasteiger partial charge in [0.25, 0.3) is 5.91 Å². The van der Waals surface area contributed by atoms with Crippen molar-refractivity contribution >= 4 is 50.7 Å². The number of carbonyl (C=O) groups excluding carboxylic acids is 4. The van der Waals surface area contributed by atoms with E-state index in [9.17, 15) is 39.6 Å². The Kier molecular flexibility index (Phi) is 7.78. The highest BCUT2D eigenvalue weighted by Crippen LogP contribution is 2.53. The monoisotopic (exact) mass is 620 g/mol. The molecule has 4 atom stereocenters. The van der Waals surface area contributed by atoms with Gasteiger partial charge in [-0.1, -0.05) is 15.9 Å². The molecule has 1 aromatic carbocycles. The van der Waals surface area contributed by atoms with Crippen molar-refractivity contribution in [2.24, 2.45) is 17.6 Å². The lowest BCUT2D eigenvalue weighted by Gasteiger charge is -2.50. The Bertz CT molecular complexity index is 1380. The number of nitrogens with one attached hydrogen (secondary N) is 1. The summed E-state index contributed by atoms with van der Waals surface area (Å²) in [5, 5.41) is 48.4. The minimum Gasteiger partial charge on any atom is -0.510 e. The van der Waals surface area contributed by atoms with Gasteiger partial charge in [-0.15, -0.1) is 0 Å². The second kappa shape index (κ2) is 10.5. The number of allylic oxidation sites excluding steroid dienone is 1. The number of benzene rings is 1. The van der Waals surface area contributed by atoms with E-state index in [0.717, 1.165) is 0 Å². The number of likely N-dealkylation sites (N-methyl/N-ethyl adjacent to an activating group) is 1. The quantitative estimate of drug-likeness (QED) is 0.147. The second-order valence-corrected chi connectivity index (χ2v) is 11.6. The predicted octanol–water partition coefficient (Wildman–Crippen LogP) is 1.30. The summed E-state index contributed by atoms with van der Waals surface area (Å²) in [6.07, 6.45) is 0.865. The van der Waals surface area contributed by atoms with Crippen molar-refractivity contribution in [2.75, 3.05) is 43.7 Å². The molecule has 13 heteroatoms. The number of carbonyl (C=O) groups is 4. The number of amides is 2. The molecule has 0 spiro atoms. The molecular weight excluding hydrogens is 588 g/mol. The first-order chi connectivity index (χ1) is 18.7. The van der Waals surface area contributed by atoms with E-state index in [1.165, 1.54) is 4.90 Å². The smallest absolute Gasteiger partial charge is 0.255 e. The molecule has 0 heterocycles. The molecule has 0 saturated heterocycles. The first-order valence-corrected chi connectivity index (χ1v) is 13.9. The van der Waals surface area contributed by atoms with Gasteiger partial charge >= 0.3 is 0 Å². The molecule has 0 saturated carbocycles. The van der Waals surface area contributed by atoms with Crippen molar-refractivity contribution in [3.05, 3.63) is 39.9 Å². The maximum Gasteiger partial charge on any atom is 0.255 e. The van der Waals surface area contributed by atoms with E-state index in [2.05, 4.69) is 21.2 Å². The van der Waals surface area contributed by atoms with Gasteiger partial charge in [0.1, 0.15) is 17.1 Å². The van der Waals surface area contributed by atoms with Gasteiger partial charge in [-0.25, -0.2) is 0 Å². The Morgan fingerprint density at radius 2 is 1.82 bits per heavy atom. The van der Waals surface area contributed by atoms with E-state index in [1.807, 2.05) is 0 Å². The predicted molar refractivity (Wildman–Crippen MR) is 150 cm³/mol. The third-order valence-electron chi connectivity index (χ3n) is 7.99. The first kappa shape index (κ1) is 29.6. The lowest BCUT2D eigenvalue weighted by molar-refractivity contribution is -0.148. The Morgan fingerprint density at radius 3 is 2.38 bits per heavy atom. The number of fused-ring (bicyclic) bond motifs is 3. The zero-order valence-electron chi connectivity index (χ0n) is 22.6. The molecule has 7 N–H and O–H groups in total. The normalized spacial score (nSPS) is 25.9. The van der Waals surface area contributed by atoms with E-state index in [4.69, 9.17) is 5.73 Å². The molecule has 0 aliphatic heterocycles. The Morgan fingerprint density at radius 1 is 1.18 bits per heavy atom. The summed E-state index contributed by atoms with van der Waals surface area (Å²) in [5.74, 6) is -7.63. The summed E-state index contributed by atoms with van der Waals surface area (Å²) in [7, 11) is 6.63. The third-order valence-corrected chi connectivity index (χ3v) is 8.55. The molecule has 1 aromatic rings. The fourth-order valence-electron chi connectivity index (χ4n) is 6.23. The second-order valence-electron chi connectivity index (χ2n) is 10.8. The number of aliphatic hydroxyl groups is 3. The minimum absolute atomic E-state index is 0.00611.